The van der Waals surface area contributed by atoms with Crippen LogP contribution in [0.5, 0.6) is 5.75 Å². The topological polar surface area (TPSA) is 52.8 Å². The number of pyridine rings is 1. The van der Waals surface area contributed by atoms with Crippen LogP contribution in [-0.2, 0) is 6.18 Å². The quantitative estimate of drug-likeness (QED) is 0.665. The summed E-state index contributed by atoms with van der Waals surface area (Å²) >= 11 is 2.98. The summed E-state index contributed by atoms with van der Waals surface area (Å²) < 4.78 is 44.4. The Morgan fingerprint density at radius 1 is 1.08 bits per heavy atom. The summed E-state index contributed by atoms with van der Waals surface area (Å²) in [5.41, 5.74) is 1.34. The Balaban J connectivity index is 2.13. The number of nitrogens with zero attached hydrogens (tertiary/aromatic N) is 4. The maximum absolute atomic E-state index is 12.8. The molecular weight excluding hydrogens is 389 g/mol. The van der Waals surface area contributed by atoms with Crippen LogP contribution in [0, 0.1) is 0 Å². The molecule has 5 nitrogen and oxygen atoms in total. The van der Waals surface area contributed by atoms with Crippen LogP contribution in [-0.4, -0.2) is 26.9 Å². The average Bonchev–Trinajstić information content (AvgIpc) is 2.97. The van der Waals surface area contributed by atoms with Crippen molar-refractivity contribution in [1.82, 2.24) is 19.7 Å². The lowest BCUT2D eigenvalue weighted by Crippen LogP contribution is -2.09. The lowest BCUT2D eigenvalue weighted by Gasteiger charge is -2.09. The minimum Gasteiger partial charge on any atom is -0.497 e. The molecule has 0 fully saturated rings. The van der Waals surface area contributed by atoms with Gasteiger partial charge in [-0.2, -0.15) is 22.8 Å². The van der Waals surface area contributed by atoms with Crippen molar-refractivity contribution in [3.05, 3.63) is 53.0 Å². The highest BCUT2D eigenvalue weighted by Gasteiger charge is 2.37. The lowest BCUT2D eigenvalue weighted by atomic mass is 10.1. The zero-order valence-corrected chi connectivity index (χ0v) is 13.8. The van der Waals surface area contributed by atoms with Crippen LogP contribution in [0.25, 0.3) is 17.1 Å². The van der Waals surface area contributed by atoms with Crippen LogP contribution in [0.15, 0.2) is 47.2 Å². The van der Waals surface area contributed by atoms with Gasteiger partial charge in [0.25, 0.3) is 5.82 Å². The Bertz CT molecular complexity index is 865. The molecule has 0 N–H and O–H groups in total. The molecule has 1 aromatic carbocycles. The molecule has 24 heavy (non-hydrogen) atoms. The smallest absolute Gasteiger partial charge is 0.453 e. The van der Waals surface area contributed by atoms with Gasteiger partial charge in [0.2, 0.25) is 4.73 Å². The third-order valence-electron chi connectivity index (χ3n) is 3.13. The zero-order valence-electron chi connectivity index (χ0n) is 12.3. The fraction of sp³-hybridized carbons (Fsp3) is 0.133. The number of aromatic nitrogens is 4. The van der Waals surface area contributed by atoms with E-state index >= 15 is 0 Å². The van der Waals surface area contributed by atoms with Gasteiger partial charge >= 0.3 is 6.18 Å². The highest BCUT2D eigenvalue weighted by atomic mass is 79.9. The SMILES string of the molecule is COc1cc(-c2ccccc2)nc(-n2nc(C(F)(F)F)nc2Br)c1. The van der Waals surface area contributed by atoms with Gasteiger partial charge in [0.05, 0.1) is 12.8 Å². The average molecular weight is 399 g/mol. The number of halogens is 4. The first-order valence-electron chi connectivity index (χ1n) is 6.70. The predicted octanol–water partition coefficient (Wildman–Crippen LogP) is 4.12. The number of ether oxygens (including phenoxy) is 1. The minimum atomic E-state index is -4.64. The number of benzene rings is 1. The largest absolute Gasteiger partial charge is 0.497 e. The molecule has 0 atom stereocenters. The van der Waals surface area contributed by atoms with E-state index in [1.807, 2.05) is 30.3 Å². The van der Waals surface area contributed by atoms with Crippen LogP contribution in [0.4, 0.5) is 13.2 Å². The summed E-state index contributed by atoms with van der Waals surface area (Å²) in [6.45, 7) is 0. The first-order valence-corrected chi connectivity index (χ1v) is 7.49. The molecule has 124 valence electrons. The molecule has 2 aromatic heterocycles. The fourth-order valence-electron chi connectivity index (χ4n) is 2.03. The Kier molecular flexibility index (Phi) is 4.27. The zero-order chi connectivity index (χ0) is 17.3. The summed E-state index contributed by atoms with van der Waals surface area (Å²) in [6.07, 6.45) is -4.64. The monoisotopic (exact) mass is 398 g/mol. The molecule has 0 saturated heterocycles. The molecule has 0 amide bonds. The number of hydrogen-bond acceptors (Lipinski definition) is 4. The second-order valence-electron chi connectivity index (χ2n) is 4.73. The Hall–Kier alpha value is -2.42. The molecule has 2 heterocycles. The molecule has 0 saturated carbocycles. The summed E-state index contributed by atoms with van der Waals surface area (Å²) in [7, 11) is 1.46. The molecule has 0 aliphatic carbocycles. The molecular formula is C15H10BrF3N4O. The number of hydrogen-bond donors (Lipinski definition) is 0. The Morgan fingerprint density at radius 2 is 1.79 bits per heavy atom. The second-order valence-corrected chi connectivity index (χ2v) is 5.44. The van der Waals surface area contributed by atoms with Gasteiger partial charge in [0.15, 0.2) is 5.82 Å². The molecule has 0 aliphatic rings. The van der Waals surface area contributed by atoms with Crippen molar-refractivity contribution >= 4 is 15.9 Å². The summed E-state index contributed by atoms with van der Waals surface area (Å²) in [5, 5.41) is 3.48. The van der Waals surface area contributed by atoms with E-state index in [-0.39, 0.29) is 10.6 Å². The predicted molar refractivity (Wildman–Crippen MR) is 83.8 cm³/mol. The molecule has 0 aliphatic heterocycles. The van der Waals surface area contributed by atoms with E-state index in [0.29, 0.717) is 11.4 Å². The van der Waals surface area contributed by atoms with Crippen molar-refractivity contribution in [2.45, 2.75) is 6.18 Å². The van der Waals surface area contributed by atoms with Crippen LogP contribution in [0.1, 0.15) is 5.82 Å². The van der Waals surface area contributed by atoms with E-state index in [2.05, 4.69) is 31.0 Å². The first kappa shape index (κ1) is 16.4. The van der Waals surface area contributed by atoms with Gasteiger partial charge in [0.1, 0.15) is 5.75 Å². The first-order chi connectivity index (χ1) is 11.4. The Labute approximate surface area is 143 Å². The highest BCUT2D eigenvalue weighted by Crippen LogP contribution is 2.30. The lowest BCUT2D eigenvalue weighted by molar-refractivity contribution is -0.144. The summed E-state index contributed by atoms with van der Waals surface area (Å²) in [5.74, 6) is -0.654. The standard InChI is InChI=1S/C15H10BrF3N4O/c1-24-10-7-11(9-5-3-2-4-6-9)20-12(8-10)23-14(16)21-13(22-23)15(17,18)19/h2-8H,1H3. The maximum Gasteiger partial charge on any atom is 0.453 e. The van der Waals surface area contributed by atoms with Gasteiger partial charge in [-0.3, -0.25) is 0 Å². The molecule has 3 rings (SSSR count). The third-order valence-corrected chi connectivity index (χ3v) is 3.64. The van der Waals surface area contributed by atoms with Crippen molar-refractivity contribution in [3.63, 3.8) is 0 Å². The van der Waals surface area contributed by atoms with Crippen LogP contribution >= 0.6 is 15.9 Å². The maximum atomic E-state index is 12.8. The highest BCUT2D eigenvalue weighted by molar-refractivity contribution is 9.10. The molecule has 3 aromatic rings. The van der Waals surface area contributed by atoms with Gasteiger partial charge in [-0.1, -0.05) is 30.3 Å². The Morgan fingerprint density at radius 3 is 2.38 bits per heavy atom. The molecule has 9 heteroatoms. The third kappa shape index (κ3) is 3.25. The van der Waals surface area contributed by atoms with E-state index in [9.17, 15) is 13.2 Å². The van der Waals surface area contributed by atoms with Crippen molar-refractivity contribution in [3.8, 4) is 22.8 Å². The van der Waals surface area contributed by atoms with Crippen molar-refractivity contribution < 1.29 is 17.9 Å². The molecule has 0 unspecified atom stereocenters. The van der Waals surface area contributed by atoms with Gasteiger partial charge in [-0.15, -0.1) is 5.10 Å². The number of methoxy groups -OCH3 is 1. The number of alkyl halides is 3. The summed E-state index contributed by atoms with van der Waals surface area (Å²) in [4.78, 5) is 7.74. The summed E-state index contributed by atoms with van der Waals surface area (Å²) in [6, 6.07) is 12.4. The van der Waals surface area contributed by atoms with Gasteiger partial charge in [-0.05, 0) is 15.9 Å². The van der Waals surface area contributed by atoms with Crippen LogP contribution < -0.4 is 4.74 Å². The molecule has 0 radical (unpaired) electrons. The normalized spacial score (nSPS) is 11.5. The number of rotatable bonds is 3. The minimum absolute atomic E-state index is 0.102. The fourth-order valence-corrected chi connectivity index (χ4v) is 2.46. The van der Waals surface area contributed by atoms with E-state index in [4.69, 9.17) is 4.74 Å². The van der Waals surface area contributed by atoms with Gasteiger partial charge in [0, 0.05) is 17.7 Å². The van der Waals surface area contributed by atoms with Crippen LogP contribution in [0.2, 0.25) is 0 Å². The van der Waals surface area contributed by atoms with Crippen molar-refractivity contribution in [1.29, 1.82) is 0 Å². The second kappa shape index (κ2) is 6.23. The molecule has 0 bridgehead atoms. The van der Waals surface area contributed by atoms with Crippen molar-refractivity contribution in [2.75, 3.05) is 7.11 Å². The van der Waals surface area contributed by atoms with E-state index in [1.165, 1.54) is 13.2 Å². The van der Waals surface area contributed by atoms with E-state index < -0.39 is 12.0 Å². The van der Waals surface area contributed by atoms with Gasteiger partial charge in [-0.25, -0.2) is 4.98 Å². The van der Waals surface area contributed by atoms with E-state index in [1.54, 1.807) is 6.07 Å². The van der Waals surface area contributed by atoms with E-state index in [0.717, 1.165) is 10.2 Å². The van der Waals surface area contributed by atoms with Gasteiger partial charge < -0.3 is 4.74 Å². The van der Waals surface area contributed by atoms with Crippen LogP contribution in [0.3, 0.4) is 0 Å². The van der Waals surface area contributed by atoms with Crippen molar-refractivity contribution in [2.24, 2.45) is 0 Å². The molecule has 0 spiro atoms.